The average Bonchev–Trinajstić information content (AvgIpc) is 2.88. The van der Waals surface area contributed by atoms with E-state index in [-0.39, 0.29) is 11.2 Å². The number of hydrogen-bond donors (Lipinski definition) is 0. The first-order chi connectivity index (χ1) is 10.1. The number of ether oxygens (including phenoxy) is 1. The van der Waals surface area contributed by atoms with Gasteiger partial charge in [0, 0.05) is 5.39 Å². The first-order valence-electron chi connectivity index (χ1n) is 6.46. The first kappa shape index (κ1) is 13.8. The maximum absolute atomic E-state index is 11.6. The van der Waals surface area contributed by atoms with Gasteiger partial charge >= 0.3 is 5.97 Å². The lowest BCUT2D eigenvalue weighted by atomic mass is 10.2. The summed E-state index contributed by atoms with van der Waals surface area (Å²) in [6.45, 7) is 3.61. The molecule has 0 fully saturated rings. The van der Waals surface area contributed by atoms with Crippen LogP contribution in [0.5, 0.6) is 0 Å². The number of carbonyl (C=O) groups excluding carboxylic acids is 1. The van der Waals surface area contributed by atoms with Crippen molar-refractivity contribution < 1.29 is 9.53 Å². The fourth-order valence-electron chi connectivity index (χ4n) is 2.08. The van der Waals surface area contributed by atoms with Crippen molar-refractivity contribution in [2.75, 3.05) is 7.11 Å². The Bertz CT molecular complexity index is 830. The van der Waals surface area contributed by atoms with Gasteiger partial charge in [0.05, 0.1) is 12.6 Å². The molecule has 108 valence electrons. The number of nitrogens with zero attached hydrogens (tertiary/aromatic N) is 4. The van der Waals surface area contributed by atoms with Crippen LogP contribution in [0.4, 0.5) is 0 Å². The average molecular weight is 302 g/mol. The van der Waals surface area contributed by atoms with Crippen molar-refractivity contribution in [2.24, 2.45) is 0 Å². The molecule has 21 heavy (non-hydrogen) atoms. The molecule has 0 aliphatic carbocycles. The maximum Gasteiger partial charge on any atom is 0.318 e. The van der Waals surface area contributed by atoms with Gasteiger partial charge < -0.3 is 4.74 Å². The molecule has 7 heteroatoms. The highest BCUT2D eigenvalue weighted by molar-refractivity contribution is 8.00. The monoisotopic (exact) mass is 302 g/mol. The Morgan fingerprint density at radius 3 is 2.86 bits per heavy atom. The minimum Gasteiger partial charge on any atom is -0.468 e. The normalized spacial score (nSPS) is 12.7. The lowest BCUT2D eigenvalue weighted by molar-refractivity contribution is -0.139. The van der Waals surface area contributed by atoms with Gasteiger partial charge in [-0.05, 0) is 26.0 Å². The number of thioether (sulfide) groups is 1. The number of esters is 1. The summed E-state index contributed by atoms with van der Waals surface area (Å²) in [5, 5.41) is 5.57. The molecule has 0 N–H and O–H groups in total. The number of aryl methyl sites for hydroxylation is 1. The van der Waals surface area contributed by atoms with Crippen molar-refractivity contribution in [2.45, 2.75) is 24.3 Å². The van der Waals surface area contributed by atoms with E-state index in [0.717, 1.165) is 16.6 Å². The first-order valence-corrected chi connectivity index (χ1v) is 7.34. The van der Waals surface area contributed by atoms with Gasteiger partial charge in [-0.1, -0.05) is 23.9 Å². The molecule has 0 amide bonds. The number of fused-ring (bicyclic) bond motifs is 3. The predicted molar refractivity (Wildman–Crippen MR) is 80.4 cm³/mol. The number of aromatic nitrogens is 4. The van der Waals surface area contributed by atoms with Crippen LogP contribution < -0.4 is 0 Å². The highest BCUT2D eigenvalue weighted by Gasteiger charge is 2.19. The van der Waals surface area contributed by atoms with E-state index in [9.17, 15) is 4.79 Å². The van der Waals surface area contributed by atoms with Crippen LogP contribution in [0.2, 0.25) is 0 Å². The largest absolute Gasteiger partial charge is 0.468 e. The highest BCUT2D eigenvalue weighted by Crippen LogP contribution is 2.26. The van der Waals surface area contributed by atoms with E-state index in [1.807, 2.05) is 31.2 Å². The Kier molecular flexibility index (Phi) is 3.50. The number of carbonyl (C=O) groups is 1. The summed E-state index contributed by atoms with van der Waals surface area (Å²) in [5.41, 5.74) is 1.58. The van der Waals surface area contributed by atoms with Gasteiger partial charge in [-0.25, -0.2) is 9.97 Å². The van der Waals surface area contributed by atoms with E-state index in [1.54, 1.807) is 11.4 Å². The number of benzene rings is 1. The van der Waals surface area contributed by atoms with Crippen LogP contribution >= 0.6 is 11.8 Å². The fraction of sp³-hybridized carbons (Fsp3) is 0.286. The number of methoxy groups -OCH3 is 1. The van der Waals surface area contributed by atoms with Gasteiger partial charge in [0.2, 0.25) is 0 Å². The topological polar surface area (TPSA) is 69.4 Å². The Labute approximate surface area is 125 Å². The molecule has 0 unspecified atom stereocenters. The molecule has 0 saturated heterocycles. The molecule has 2 aromatic heterocycles. The standard InChI is InChI=1S/C14H14N4O2S/c1-8(13(19)20-3)21-14-16-11-7-5-4-6-10(11)12-15-9(2)17-18(12)14/h4-8H,1-3H3/t8-/m1/s1. The summed E-state index contributed by atoms with van der Waals surface area (Å²) in [6.07, 6.45) is 0. The second kappa shape index (κ2) is 5.33. The lowest BCUT2D eigenvalue weighted by Gasteiger charge is -2.10. The minimum absolute atomic E-state index is 0.292. The summed E-state index contributed by atoms with van der Waals surface area (Å²) < 4.78 is 6.44. The van der Waals surface area contributed by atoms with Crippen LogP contribution in [0.15, 0.2) is 29.4 Å². The second-order valence-corrected chi connectivity index (χ2v) is 5.90. The third-order valence-electron chi connectivity index (χ3n) is 3.07. The quantitative estimate of drug-likeness (QED) is 0.420. The third kappa shape index (κ3) is 2.44. The van der Waals surface area contributed by atoms with Crippen molar-refractivity contribution in [1.29, 1.82) is 0 Å². The Balaban J connectivity index is 2.18. The summed E-state index contributed by atoms with van der Waals surface area (Å²) in [4.78, 5) is 20.7. The van der Waals surface area contributed by atoms with Crippen LogP contribution in [0, 0.1) is 6.92 Å². The van der Waals surface area contributed by atoms with E-state index in [0.29, 0.717) is 11.0 Å². The molecule has 0 aliphatic heterocycles. The summed E-state index contributed by atoms with van der Waals surface area (Å²) in [5.74, 6) is 0.376. The third-order valence-corrected chi connectivity index (χ3v) is 4.09. The second-order valence-electron chi connectivity index (χ2n) is 4.59. The van der Waals surface area contributed by atoms with Gasteiger partial charge in [0.1, 0.15) is 11.1 Å². The Morgan fingerprint density at radius 2 is 2.10 bits per heavy atom. The van der Waals surface area contributed by atoms with Gasteiger partial charge in [0.15, 0.2) is 10.8 Å². The van der Waals surface area contributed by atoms with Crippen LogP contribution in [-0.4, -0.2) is 37.9 Å². The SMILES string of the molecule is COC(=O)[C@@H](C)Sc1nc2ccccc2c2nc(C)nn12. The highest BCUT2D eigenvalue weighted by atomic mass is 32.2. The molecule has 0 spiro atoms. The van der Waals surface area contributed by atoms with E-state index in [2.05, 4.69) is 15.1 Å². The van der Waals surface area contributed by atoms with Crippen molar-refractivity contribution in [3.63, 3.8) is 0 Å². The van der Waals surface area contributed by atoms with Crippen LogP contribution in [0.25, 0.3) is 16.6 Å². The fourth-order valence-corrected chi connectivity index (χ4v) is 2.97. The molecule has 0 bridgehead atoms. The zero-order valence-corrected chi connectivity index (χ0v) is 12.7. The molecule has 1 aromatic carbocycles. The molecule has 6 nitrogen and oxygen atoms in total. The molecule has 3 aromatic rings. The number of hydrogen-bond acceptors (Lipinski definition) is 6. The van der Waals surface area contributed by atoms with E-state index >= 15 is 0 Å². The predicted octanol–water partition coefficient (Wildman–Crippen LogP) is 2.24. The van der Waals surface area contributed by atoms with Crippen LogP contribution in [-0.2, 0) is 9.53 Å². The van der Waals surface area contributed by atoms with Gasteiger partial charge in [-0.2, -0.15) is 4.52 Å². The van der Waals surface area contributed by atoms with E-state index in [4.69, 9.17) is 4.74 Å². The van der Waals surface area contributed by atoms with Crippen molar-refractivity contribution in [1.82, 2.24) is 19.6 Å². The molecular formula is C14H14N4O2S. The summed E-state index contributed by atoms with van der Waals surface area (Å²) >= 11 is 1.31. The lowest BCUT2D eigenvalue weighted by Crippen LogP contribution is -2.16. The van der Waals surface area contributed by atoms with Crippen molar-refractivity contribution >= 4 is 34.3 Å². The minimum atomic E-state index is -0.364. The zero-order chi connectivity index (χ0) is 15.0. The molecule has 0 aliphatic rings. The van der Waals surface area contributed by atoms with Crippen LogP contribution in [0.1, 0.15) is 12.7 Å². The molecule has 0 radical (unpaired) electrons. The molecule has 1 atom stereocenters. The van der Waals surface area contributed by atoms with E-state index < -0.39 is 0 Å². The summed E-state index contributed by atoms with van der Waals surface area (Å²) in [7, 11) is 1.38. The zero-order valence-electron chi connectivity index (χ0n) is 11.9. The Morgan fingerprint density at radius 1 is 1.33 bits per heavy atom. The molecule has 2 heterocycles. The summed E-state index contributed by atoms with van der Waals surface area (Å²) in [6, 6.07) is 7.75. The van der Waals surface area contributed by atoms with Gasteiger partial charge in [0.25, 0.3) is 0 Å². The van der Waals surface area contributed by atoms with Gasteiger partial charge in [-0.15, -0.1) is 5.10 Å². The number of rotatable bonds is 3. The van der Waals surface area contributed by atoms with Crippen molar-refractivity contribution in [3.05, 3.63) is 30.1 Å². The maximum atomic E-state index is 11.6. The number of para-hydroxylation sites is 1. The molecular weight excluding hydrogens is 288 g/mol. The molecule has 0 saturated carbocycles. The smallest absolute Gasteiger partial charge is 0.318 e. The van der Waals surface area contributed by atoms with Crippen molar-refractivity contribution in [3.8, 4) is 0 Å². The molecule has 3 rings (SSSR count). The Hall–Kier alpha value is -2.15. The van der Waals surface area contributed by atoms with Gasteiger partial charge in [-0.3, -0.25) is 4.79 Å². The van der Waals surface area contributed by atoms with Crippen LogP contribution in [0.3, 0.4) is 0 Å². The van der Waals surface area contributed by atoms with E-state index in [1.165, 1.54) is 18.9 Å².